The first-order valence-corrected chi connectivity index (χ1v) is 9.83. The van der Waals surface area contributed by atoms with E-state index in [1.165, 1.54) is 0 Å². The van der Waals surface area contributed by atoms with Gasteiger partial charge < -0.3 is 14.6 Å². The minimum atomic E-state index is -2.89. The van der Waals surface area contributed by atoms with Gasteiger partial charge in [0.2, 0.25) is 0 Å². The van der Waals surface area contributed by atoms with E-state index in [-0.39, 0.29) is 37.3 Å². The van der Waals surface area contributed by atoms with Crippen LogP contribution < -0.4 is 5.32 Å². The number of ether oxygens (including phenoxy) is 1. The van der Waals surface area contributed by atoms with Gasteiger partial charge in [-0.1, -0.05) is 13.8 Å². The number of aromatic nitrogens is 2. The van der Waals surface area contributed by atoms with Crippen molar-refractivity contribution < 1.29 is 18.3 Å². The van der Waals surface area contributed by atoms with E-state index in [0.717, 1.165) is 11.1 Å². The summed E-state index contributed by atoms with van der Waals surface area (Å²) in [6.45, 7) is 8.79. The Bertz CT molecular complexity index is 874. The van der Waals surface area contributed by atoms with Crippen LogP contribution in [0.4, 0.5) is 8.78 Å². The van der Waals surface area contributed by atoms with E-state index < -0.39 is 18.1 Å². The van der Waals surface area contributed by atoms with Crippen molar-refractivity contribution in [1.29, 1.82) is 0 Å². The Morgan fingerprint density at radius 1 is 1.32 bits per heavy atom. The van der Waals surface area contributed by atoms with Gasteiger partial charge in [-0.05, 0) is 51.3 Å². The summed E-state index contributed by atoms with van der Waals surface area (Å²) in [5.74, 6) is -3.09. The van der Waals surface area contributed by atoms with Gasteiger partial charge in [-0.15, -0.1) is 0 Å². The molecule has 0 fully saturated rings. The number of hydrogen-bond acceptors (Lipinski definition) is 3. The first-order valence-electron chi connectivity index (χ1n) is 9.83. The highest BCUT2D eigenvalue weighted by molar-refractivity contribution is 5.84. The number of halogens is 2. The molecule has 1 aliphatic rings. The number of rotatable bonds is 1. The minimum absolute atomic E-state index is 0.0913. The summed E-state index contributed by atoms with van der Waals surface area (Å²) in [4.78, 5) is 17.2. The fraction of sp³-hybridized carbons (Fsp3) is 0.619. The van der Waals surface area contributed by atoms with Gasteiger partial charge in [0.1, 0.15) is 11.2 Å². The van der Waals surface area contributed by atoms with E-state index in [1.54, 1.807) is 18.4 Å². The maximum absolute atomic E-state index is 14.7. The van der Waals surface area contributed by atoms with Crippen molar-refractivity contribution in [3.63, 3.8) is 0 Å². The van der Waals surface area contributed by atoms with Crippen molar-refractivity contribution in [3.05, 3.63) is 29.6 Å². The van der Waals surface area contributed by atoms with Crippen LogP contribution in [0.25, 0.3) is 11.0 Å². The van der Waals surface area contributed by atoms with Crippen molar-refractivity contribution in [3.8, 4) is 0 Å². The molecule has 5 nitrogen and oxygen atoms in total. The summed E-state index contributed by atoms with van der Waals surface area (Å²) in [5, 5.41) is 3.76. The zero-order chi connectivity index (χ0) is 20.7. The van der Waals surface area contributed by atoms with E-state index >= 15 is 0 Å². The predicted octanol–water partition coefficient (Wildman–Crippen LogP) is 4.56. The summed E-state index contributed by atoms with van der Waals surface area (Å²) >= 11 is 0. The first kappa shape index (κ1) is 20.7. The van der Waals surface area contributed by atoms with Gasteiger partial charge in [-0.3, -0.25) is 4.79 Å². The normalized spacial score (nSPS) is 23.0. The minimum Gasteiger partial charge on any atom is -0.366 e. The molecule has 3 heterocycles. The van der Waals surface area contributed by atoms with Gasteiger partial charge >= 0.3 is 0 Å². The molecule has 1 amide bonds. The molecule has 0 radical (unpaired) electrons. The molecule has 1 atom stereocenters. The number of carbonyl (C=O) groups excluding carboxylic acids is 1. The van der Waals surface area contributed by atoms with Gasteiger partial charge in [0.15, 0.2) is 0 Å². The Labute approximate surface area is 164 Å². The molecule has 0 saturated heterocycles. The fourth-order valence-corrected chi connectivity index (χ4v) is 3.53. The topological polar surface area (TPSA) is 56.2 Å². The maximum atomic E-state index is 14.7. The molecule has 2 aromatic heterocycles. The van der Waals surface area contributed by atoms with Crippen LogP contribution in [0.15, 0.2) is 18.2 Å². The fourth-order valence-electron chi connectivity index (χ4n) is 3.53. The molecular weight excluding hydrogens is 364 g/mol. The van der Waals surface area contributed by atoms with Crippen molar-refractivity contribution in [2.75, 3.05) is 6.61 Å². The lowest BCUT2D eigenvalue weighted by atomic mass is 10.1. The lowest BCUT2D eigenvalue weighted by Gasteiger charge is -2.27. The number of pyridine rings is 1. The third-order valence-electron chi connectivity index (χ3n) is 5.27. The second-order valence-corrected chi connectivity index (χ2v) is 8.47. The van der Waals surface area contributed by atoms with Crippen LogP contribution in [0.1, 0.15) is 70.8 Å². The van der Waals surface area contributed by atoms with Crippen LogP contribution in [-0.4, -0.2) is 33.6 Å². The maximum Gasteiger partial charge on any atom is 0.265 e. The molecule has 2 aromatic rings. The zero-order valence-electron chi connectivity index (χ0n) is 17.2. The molecule has 0 spiro atoms. The second kappa shape index (κ2) is 7.43. The molecule has 0 aliphatic carbocycles. The molecule has 1 N–H and O–H groups in total. The van der Waals surface area contributed by atoms with Crippen molar-refractivity contribution >= 4 is 16.9 Å². The number of carbonyl (C=O) groups is 1. The summed E-state index contributed by atoms with van der Waals surface area (Å²) in [5.41, 5.74) is 0.907. The number of alkyl halides is 2. The van der Waals surface area contributed by atoms with Gasteiger partial charge in [0, 0.05) is 24.1 Å². The lowest BCUT2D eigenvalue weighted by molar-refractivity contribution is -0.144. The highest BCUT2D eigenvalue weighted by Crippen LogP contribution is 2.31. The highest BCUT2D eigenvalue weighted by Gasteiger charge is 2.34. The van der Waals surface area contributed by atoms with Gasteiger partial charge in [0.25, 0.3) is 11.8 Å². The number of hydrogen-bond donors (Lipinski definition) is 1. The van der Waals surface area contributed by atoms with E-state index in [4.69, 9.17) is 4.74 Å². The van der Waals surface area contributed by atoms with Crippen molar-refractivity contribution in [2.45, 2.75) is 77.5 Å². The van der Waals surface area contributed by atoms with Crippen LogP contribution in [0.2, 0.25) is 0 Å². The molecule has 3 rings (SSSR count). The van der Waals surface area contributed by atoms with Crippen LogP contribution in [-0.2, 0) is 16.1 Å². The zero-order valence-corrected chi connectivity index (χ0v) is 17.2. The molecule has 0 saturated carbocycles. The summed E-state index contributed by atoms with van der Waals surface area (Å²) < 4.78 is 36.7. The van der Waals surface area contributed by atoms with E-state index in [1.807, 2.05) is 39.0 Å². The summed E-state index contributed by atoms with van der Waals surface area (Å²) in [6.07, 6.45) is -0.133. The molecule has 0 aromatic carbocycles. The van der Waals surface area contributed by atoms with Crippen molar-refractivity contribution in [2.24, 2.45) is 0 Å². The standard InChI is InChI=1S/C21H29F2N3O2/c1-13(2)17-11-15-7-8-16-14(3)24-19(27)20(4,5)28-10-6-9-21(22,23)12-26(17)18(15)25-16/h7-8,11,13-14H,6,9-10,12H2,1-5H3,(H,24,27). The van der Waals surface area contributed by atoms with E-state index in [9.17, 15) is 13.6 Å². The number of amides is 1. The molecule has 7 heteroatoms. The average molecular weight is 393 g/mol. The molecular formula is C21H29F2N3O2. The number of nitrogens with one attached hydrogen (secondary N) is 1. The van der Waals surface area contributed by atoms with Crippen LogP contribution in [0.3, 0.4) is 0 Å². The summed E-state index contributed by atoms with van der Waals surface area (Å²) in [6, 6.07) is 5.28. The van der Waals surface area contributed by atoms with Gasteiger partial charge in [-0.25, -0.2) is 13.8 Å². The highest BCUT2D eigenvalue weighted by atomic mass is 19.3. The predicted molar refractivity (Wildman–Crippen MR) is 105 cm³/mol. The van der Waals surface area contributed by atoms with Gasteiger partial charge in [-0.2, -0.15) is 0 Å². The van der Waals surface area contributed by atoms with Crippen molar-refractivity contribution in [1.82, 2.24) is 14.9 Å². The van der Waals surface area contributed by atoms with Gasteiger partial charge in [0.05, 0.1) is 18.3 Å². The smallest absolute Gasteiger partial charge is 0.265 e. The first-order chi connectivity index (χ1) is 13.0. The monoisotopic (exact) mass is 393 g/mol. The Kier molecular flexibility index (Phi) is 5.49. The molecule has 2 bridgehead atoms. The Morgan fingerprint density at radius 3 is 2.71 bits per heavy atom. The largest absolute Gasteiger partial charge is 0.366 e. The van der Waals surface area contributed by atoms with Crippen LogP contribution in [0, 0.1) is 0 Å². The third-order valence-corrected chi connectivity index (χ3v) is 5.27. The quantitative estimate of drug-likeness (QED) is 0.773. The SMILES string of the molecule is CC(C)c1cc2ccc3nc2n1CC(F)(F)CCCOC(C)(C)C(=O)NC3C. The summed E-state index contributed by atoms with van der Waals surface area (Å²) in [7, 11) is 0. The Hall–Kier alpha value is -2.02. The Balaban J connectivity index is 2.11. The Morgan fingerprint density at radius 2 is 2.04 bits per heavy atom. The second-order valence-electron chi connectivity index (χ2n) is 8.47. The molecule has 28 heavy (non-hydrogen) atoms. The molecule has 1 aliphatic heterocycles. The molecule has 1 unspecified atom stereocenters. The average Bonchev–Trinajstić information content (AvgIpc) is 2.95. The van der Waals surface area contributed by atoms with E-state index in [0.29, 0.717) is 11.3 Å². The third kappa shape index (κ3) is 4.19. The molecule has 154 valence electrons. The number of nitrogens with zero attached hydrogens (tertiary/aromatic N) is 2. The number of fused-ring (bicyclic) bond motifs is 1. The van der Waals surface area contributed by atoms with Crippen LogP contribution >= 0.6 is 0 Å². The lowest BCUT2D eigenvalue weighted by Crippen LogP contribution is -2.45. The van der Waals surface area contributed by atoms with Crippen LogP contribution in [0.5, 0.6) is 0 Å². The van der Waals surface area contributed by atoms with E-state index in [2.05, 4.69) is 10.3 Å².